The second kappa shape index (κ2) is 8.11. The molecule has 0 saturated carbocycles. The molecule has 0 atom stereocenters. The zero-order valence-electron chi connectivity index (χ0n) is 14.3. The van der Waals surface area contributed by atoms with Crippen LogP contribution in [0.2, 0.25) is 0 Å². The van der Waals surface area contributed by atoms with Gasteiger partial charge in [0.15, 0.2) is 5.69 Å². The molecule has 9 heteroatoms. The quantitative estimate of drug-likeness (QED) is 0.474. The molecule has 0 N–H and O–H groups in total. The van der Waals surface area contributed by atoms with E-state index in [0.29, 0.717) is 5.01 Å². The number of carbonyl (C=O) groups is 3. The summed E-state index contributed by atoms with van der Waals surface area (Å²) in [6, 6.07) is 7.71. The lowest BCUT2D eigenvalue weighted by Crippen LogP contribution is -2.12. The van der Waals surface area contributed by atoms with Gasteiger partial charge in [-0.2, -0.15) is 0 Å². The first-order chi connectivity index (χ1) is 13.0. The maximum Gasteiger partial charge on any atom is 0.363 e. The summed E-state index contributed by atoms with van der Waals surface area (Å²) in [5.41, 5.74) is 0.244. The fraction of sp³-hybridized carbons (Fsp3) is 0.111. The molecule has 0 fully saturated rings. The summed E-state index contributed by atoms with van der Waals surface area (Å²) >= 11 is 2.83. The molecule has 7 nitrogen and oxygen atoms in total. The molecule has 2 heterocycles. The lowest BCUT2D eigenvalue weighted by atomic mass is 10.1. The van der Waals surface area contributed by atoms with E-state index in [0.717, 1.165) is 4.88 Å². The lowest BCUT2D eigenvalue weighted by molar-refractivity contribution is 0.0593. The minimum Gasteiger partial charge on any atom is -0.465 e. The molecule has 2 aromatic heterocycles. The van der Waals surface area contributed by atoms with Gasteiger partial charge < -0.3 is 14.2 Å². The largest absolute Gasteiger partial charge is 0.465 e. The first-order valence-electron chi connectivity index (χ1n) is 7.55. The number of ether oxygens (including phenoxy) is 3. The van der Waals surface area contributed by atoms with Gasteiger partial charge in [-0.3, -0.25) is 0 Å². The van der Waals surface area contributed by atoms with Gasteiger partial charge in [0, 0.05) is 5.38 Å². The van der Waals surface area contributed by atoms with Crippen molar-refractivity contribution >= 4 is 40.6 Å². The Morgan fingerprint density at radius 1 is 0.926 bits per heavy atom. The van der Waals surface area contributed by atoms with E-state index in [-0.39, 0.29) is 22.6 Å². The molecule has 138 valence electrons. The first-order valence-corrected chi connectivity index (χ1v) is 9.31. The van der Waals surface area contributed by atoms with Gasteiger partial charge in [0.2, 0.25) is 0 Å². The molecule has 0 saturated heterocycles. The molecular formula is C18H13NO6S2. The average Bonchev–Trinajstić information content (AvgIpc) is 3.37. The highest BCUT2D eigenvalue weighted by molar-refractivity contribution is 7.20. The number of nitrogens with zero attached hydrogens (tertiary/aromatic N) is 1. The molecule has 0 bridgehead atoms. The minimum atomic E-state index is -0.702. The third-order valence-corrected chi connectivity index (χ3v) is 5.29. The predicted octanol–water partition coefficient (Wildman–Crippen LogP) is 3.66. The number of rotatable bonds is 5. The van der Waals surface area contributed by atoms with E-state index in [9.17, 15) is 14.4 Å². The van der Waals surface area contributed by atoms with Crippen LogP contribution in [-0.4, -0.2) is 37.1 Å². The molecule has 0 unspecified atom stereocenters. The summed E-state index contributed by atoms with van der Waals surface area (Å²) < 4.78 is 14.6. The van der Waals surface area contributed by atoms with Crippen molar-refractivity contribution in [2.24, 2.45) is 0 Å². The van der Waals surface area contributed by atoms with E-state index in [2.05, 4.69) is 14.5 Å². The summed E-state index contributed by atoms with van der Waals surface area (Å²) in [6.07, 6.45) is 0. The van der Waals surface area contributed by atoms with Gasteiger partial charge in [-0.05, 0) is 29.6 Å². The predicted molar refractivity (Wildman–Crippen MR) is 99.5 cm³/mol. The standard InChI is InChI=1S/C18H13NO6S2/c1-23-16(20)10-6-11(17(21)24-2)8-12(7-10)25-18(22)13-9-27-15(19-13)14-4-3-5-26-14/h3-9H,1-2H3. The van der Waals surface area contributed by atoms with Gasteiger partial charge in [-0.15, -0.1) is 22.7 Å². The number of hydrogen-bond acceptors (Lipinski definition) is 9. The van der Waals surface area contributed by atoms with Gasteiger partial charge in [0.1, 0.15) is 10.8 Å². The zero-order valence-corrected chi connectivity index (χ0v) is 15.9. The molecule has 3 rings (SSSR count). The number of carbonyl (C=O) groups excluding carboxylic acids is 3. The third kappa shape index (κ3) is 4.21. The number of esters is 3. The molecule has 0 spiro atoms. The maximum atomic E-state index is 12.4. The van der Waals surface area contributed by atoms with Crippen LogP contribution in [0, 0.1) is 0 Å². The molecular weight excluding hydrogens is 390 g/mol. The van der Waals surface area contributed by atoms with Crippen LogP contribution < -0.4 is 4.74 Å². The number of thiazole rings is 1. The molecule has 0 aliphatic rings. The van der Waals surface area contributed by atoms with E-state index in [1.807, 2.05) is 17.5 Å². The normalized spacial score (nSPS) is 10.3. The smallest absolute Gasteiger partial charge is 0.363 e. The zero-order chi connectivity index (χ0) is 19.4. The van der Waals surface area contributed by atoms with Crippen molar-refractivity contribution in [2.45, 2.75) is 0 Å². The van der Waals surface area contributed by atoms with Crippen LogP contribution in [0.1, 0.15) is 31.2 Å². The van der Waals surface area contributed by atoms with Gasteiger partial charge >= 0.3 is 17.9 Å². The van der Waals surface area contributed by atoms with Crippen LogP contribution in [0.25, 0.3) is 9.88 Å². The summed E-state index contributed by atoms with van der Waals surface area (Å²) in [4.78, 5) is 41.2. The van der Waals surface area contributed by atoms with Gasteiger partial charge in [0.25, 0.3) is 0 Å². The number of benzene rings is 1. The summed E-state index contributed by atoms with van der Waals surface area (Å²) in [5.74, 6) is -2.04. The van der Waals surface area contributed by atoms with Gasteiger partial charge in [-0.25, -0.2) is 19.4 Å². The van der Waals surface area contributed by atoms with Crippen molar-refractivity contribution in [3.63, 3.8) is 0 Å². The molecule has 3 aromatic rings. The van der Waals surface area contributed by atoms with Crippen molar-refractivity contribution in [1.82, 2.24) is 4.98 Å². The fourth-order valence-electron chi connectivity index (χ4n) is 2.17. The minimum absolute atomic E-state index is 0.00831. The number of methoxy groups -OCH3 is 2. The number of aromatic nitrogens is 1. The summed E-state index contributed by atoms with van der Waals surface area (Å²) in [6.45, 7) is 0. The third-order valence-electron chi connectivity index (χ3n) is 3.40. The van der Waals surface area contributed by atoms with Crippen LogP contribution in [0.4, 0.5) is 0 Å². The fourth-order valence-corrected chi connectivity index (χ4v) is 3.77. The van der Waals surface area contributed by atoms with E-state index < -0.39 is 17.9 Å². The van der Waals surface area contributed by atoms with Crippen LogP contribution in [-0.2, 0) is 9.47 Å². The van der Waals surface area contributed by atoms with Crippen molar-refractivity contribution in [3.05, 3.63) is 57.9 Å². The van der Waals surface area contributed by atoms with Crippen molar-refractivity contribution in [1.29, 1.82) is 0 Å². The average molecular weight is 403 g/mol. The molecule has 0 aliphatic carbocycles. The van der Waals surface area contributed by atoms with Crippen LogP contribution in [0.5, 0.6) is 5.75 Å². The lowest BCUT2D eigenvalue weighted by Gasteiger charge is -2.08. The SMILES string of the molecule is COC(=O)c1cc(OC(=O)c2csc(-c3cccs3)n2)cc(C(=O)OC)c1. The molecule has 0 radical (unpaired) electrons. The Morgan fingerprint density at radius 2 is 1.59 bits per heavy atom. The van der Waals surface area contributed by atoms with Gasteiger partial charge in [-0.1, -0.05) is 6.07 Å². The van der Waals surface area contributed by atoms with Crippen molar-refractivity contribution in [2.75, 3.05) is 14.2 Å². The highest BCUT2D eigenvalue weighted by atomic mass is 32.1. The Bertz CT molecular complexity index is 959. The summed E-state index contributed by atoms with van der Waals surface area (Å²) in [7, 11) is 2.42. The molecule has 0 aliphatic heterocycles. The van der Waals surface area contributed by atoms with Crippen LogP contribution in [0.3, 0.4) is 0 Å². The Kier molecular flexibility index (Phi) is 5.63. The second-order valence-electron chi connectivity index (χ2n) is 5.13. The van der Waals surface area contributed by atoms with E-state index in [4.69, 9.17) is 4.74 Å². The van der Waals surface area contributed by atoms with E-state index in [1.54, 1.807) is 5.38 Å². The van der Waals surface area contributed by atoms with Crippen LogP contribution >= 0.6 is 22.7 Å². The maximum absolute atomic E-state index is 12.4. The second-order valence-corrected chi connectivity index (χ2v) is 6.94. The number of hydrogen-bond donors (Lipinski definition) is 0. The Balaban J connectivity index is 1.86. The molecule has 27 heavy (non-hydrogen) atoms. The van der Waals surface area contributed by atoms with E-state index in [1.165, 1.54) is 55.1 Å². The first kappa shape index (κ1) is 18.7. The Morgan fingerprint density at radius 3 is 2.15 bits per heavy atom. The monoisotopic (exact) mass is 403 g/mol. The Hall–Kier alpha value is -3.04. The molecule has 1 aromatic carbocycles. The highest BCUT2D eigenvalue weighted by Gasteiger charge is 2.19. The Labute approximate surface area is 162 Å². The molecule has 0 amide bonds. The number of thiophene rings is 1. The van der Waals surface area contributed by atoms with Gasteiger partial charge in [0.05, 0.1) is 30.2 Å². The van der Waals surface area contributed by atoms with Crippen LogP contribution in [0.15, 0.2) is 41.1 Å². The van der Waals surface area contributed by atoms with Crippen molar-refractivity contribution < 1.29 is 28.6 Å². The van der Waals surface area contributed by atoms with Crippen molar-refractivity contribution in [3.8, 4) is 15.6 Å². The van der Waals surface area contributed by atoms with E-state index >= 15 is 0 Å². The summed E-state index contributed by atoms with van der Waals surface area (Å²) in [5, 5.41) is 4.21. The topological polar surface area (TPSA) is 91.8 Å². The highest BCUT2D eigenvalue weighted by Crippen LogP contribution is 2.28.